The second-order valence-electron chi connectivity index (χ2n) is 8.55. The molecule has 33 heavy (non-hydrogen) atoms. The number of carbonyl (C=O) groups is 3. The van der Waals surface area contributed by atoms with Gasteiger partial charge in [-0.15, -0.1) is 0 Å². The summed E-state index contributed by atoms with van der Waals surface area (Å²) < 4.78 is 45.5. The monoisotopic (exact) mass is 470 g/mol. The fourth-order valence-corrected chi connectivity index (χ4v) is 4.30. The van der Waals surface area contributed by atoms with Gasteiger partial charge in [0.15, 0.2) is 0 Å². The van der Waals surface area contributed by atoms with Gasteiger partial charge in [0, 0.05) is 38.6 Å². The van der Waals surface area contributed by atoms with Crippen molar-refractivity contribution < 1.29 is 32.3 Å². The van der Waals surface area contributed by atoms with Gasteiger partial charge in [-0.3, -0.25) is 19.4 Å². The van der Waals surface area contributed by atoms with Crippen molar-refractivity contribution in [2.45, 2.75) is 51.2 Å². The van der Waals surface area contributed by atoms with Crippen LogP contribution in [-0.4, -0.2) is 66.5 Å². The van der Waals surface area contributed by atoms with E-state index in [9.17, 15) is 27.6 Å². The van der Waals surface area contributed by atoms with Crippen LogP contribution in [-0.2, 0) is 20.5 Å². The summed E-state index contributed by atoms with van der Waals surface area (Å²) in [4.78, 5) is 43.3. The van der Waals surface area contributed by atoms with Crippen LogP contribution in [0.3, 0.4) is 0 Å². The number of pyridine rings is 1. The molecule has 0 radical (unpaired) electrons. The quantitative estimate of drug-likeness (QED) is 0.655. The molecule has 1 atom stereocenters. The predicted octanol–water partition coefficient (Wildman–Crippen LogP) is 2.14. The lowest BCUT2D eigenvalue weighted by Gasteiger charge is -2.41. The molecule has 2 fully saturated rings. The molecule has 3 heterocycles. The maximum atomic E-state index is 13.3. The first kappa shape index (κ1) is 24.9. The highest BCUT2D eigenvalue weighted by atomic mass is 19.4. The molecule has 3 rings (SSSR count). The first-order valence-electron chi connectivity index (χ1n) is 11.1. The molecule has 1 aromatic heterocycles. The maximum absolute atomic E-state index is 13.3. The molecule has 1 aromatic rings. The minimum absolute atomic E-state index is 0.134. The van der Waals surface area contributed by atoms with E-state index in [2.05, 4.69) is 15.6 Å². The number of amides is 3. The number of rotatable bonds is 1. The second-order valence-corrected chi connectivity index (χ2v) is 8.55. The lowest BCUT2D eigenvalue weighted by atomic mass is 9.73. The first-order chi connectivity index (χ1) is 15.6. The molecular formula is C22H29F3N4O4. The molecule has 0 aliphatic carbocycles. The van der Waals surface area contributed by atoms with E-state index in [1.807, 2.05) is 0 Å². The molecular weight excluding hydrogens is 441 g/mol. The fourth-order valence-electron chi connectivity index (χ4n) is 4.30. The van der Waals surface area contributed by atoms with E-state index in [1.54, 1.807) is 6.92 Å². The van der Waals surface area contributed by atoms with Crippen LogP contribution in [0.2, 0.25) is 0 Å². The first-order valence-corrected chi connectivity index (χ1v) is 11.1. The second kappa shape index (κ2) is 10.5. The molecule has 2 N–H and O–H groups in total. The summed E-state index contributed by atoms with van der Waals surface area (Å²) in [6, 6.07) is 0.0512. The van der Waals surface area contributed by atoms with Gasteiger partial charge in [-0.05, 0) is 38.7 Å². The topological polar surface area (TPSA) is 101 Å². The Kier molecular flexibility index (Phi) is 7.93. The van der Waals surface area contributed by atoms with E-state index >= 15 is 0 Å². The molecule has 0 aromatic carbocycles. The third-order valence-corrected chi connectivity index (χ3v) is 6.33. The fraction of sp³-hybridized carbons (Fsp3) is 0.636. The van der Waals surface area contributed by atoms with Gasteiger partial charge < -0.3 is 20.3 Å². The molecule has 0 unspecified atom stereocenters. The summed E-state index contributed by atoms with van der Waals surface area (Å²) in [5.41, 5.74) is -2.33. The van der Waals surface area contributed by atoms with Crippen molar-refractivity contribution in [1.82, 2.24) is 20.5 Å². The smallest absolute Gasteiger partial charge is 0.380 e. The molecule has 3 amide bonds. The Morgan fingerprint density at radius 2 is 1.91 bits per heavy atom. The van der Waals surface area contributed by atoms with E-state index in [4.69, 9.17) is 4.74 Å². The van der Waals surface area contributed by atoms with Crippen molar-refractivity contribution in [2.24, 2.45) is 5.41 Å². The molecule has 11 heteroatoms. The number of ether oxygens (including phenoxy) is 1. The molecule has 182 valence electrons. The molecule has 2 aliphatic heterocycles. The number of aromatic nitrogens is 1. The van der Waals surface area contributed by atoms with Gasteiger partial charge in [-0.2, -0.15) is 13.2 Å². The summed E-state index contributed by atoms with van der Waals surface area (Å²) in [6.45, 7) is 3.12. The minimum atomic E-state index is -4.67. The van der Waals surface area contributed by atoms with E-state index in [1.165, 1.54) is 4.90 Å². The number of carbonyl (C=O) groups excluding carboxylic acids is 3. The zero-order valence-electron chi connectivity index (χ0n) is 18.5. The highest BCUT2D eigenvalue weighted by Gasteiger charge is 2.44. The number of alkyl halides is 3. The van der Waals surface area contributed by atoms with Gasteiger partial charge in [0.25, 0.3) is 5.91 Å². The zero-order chi connectivity index (χ0) is 24.1. The molecule has 8 nitrogen and oxygen atoms in total. The van der Waals surface area contributed by atoms with Crippen molar-refractivity contribution in [3.05, 3.63) is 29.6 Å². The summed E-state index contributed by atoms with van der Waals surface area (Å²) in [5.74, 6) is -1.34. The van der Waals surface area contributed by atoms with Crippen molar-refractivity contribution in [3.63, 3.8) is 0 Å². The van der Waals surface area contributed by atoms with Crippen LogP contribution in [0.1, 0.15) is 54.9 Å². The zero-order valence-corrected chi connectivity index (χ0v) is 18.5. The molecule has 2 saturated heterocycles. The lowest BCUT2D eigenvalue weighted by Crippen LogP contribution is -2.54. The molecule has 1 spiro atoms. The number of nitrogens with one attached hydrogen (secondary N) is 2. The summed E-state index contributed by atoms with van der Waals surface area (Å²) in [7, 11) is 0. The van der Waals surface area contributed by atoms with Crippen LogP contribution in [0.15, 0.2) is 18.5 Å². The third-order valence-electron chi connectivity index (χ3n) is 6.33. The number of hydrogen-bond donors (Lipinski definition) is 2. The SMILES string of the molecule is C[C@@H]1NC(=O)C2(CCCCOCCNC1=O)CCN(C(=O)c1cnccc1C(F)(F)F)CC2. The third kappa shape index (κ3) is 6.01. The van der Waals surface area contributed by atoms with E-state index in [0.29, 0.717) is 39.0 Å². The predicted molar refractivity (Wildman–Crippen MR) is 112 cm³/mol. The van der Waals surface area contributed by atoms with Crippen molar-refractivity contribution >= 4 is 17.7 Å². The Morgan fingerprint density at radius 3 is 2.61 bits per heavy atom. The molecule has 0 bridgehead atoms. The molecule has 0 saturated carbocycles. The van der Waals surface area contributed by atoms with Gasteiger partial charge in [0.05, 0.1) is 23.1 Å². The lowest BCUT2D eigenvalue weighted by molar-refractivity contribution is -0.138. The van der Waals surface area contributed by atoms with E-state index in [0.717, 1.165) is 31.3 Å². The number of piperidine rings is 1. The number of hydrogen-bond acceptors (Lipinski definition) is 5. The number of likely N-dealkylation sites (tertiary alicyclic amines) is 1. The minimum Gasteiger partial charge on any atom is -0.380 e. The Labute approximate surface area is 190 Å². The van der Waals surface area contributed by atoms with Gasteiger partial charge in [0.2, 0.25) is 11.8 Å². The standard InChI is InChI=1S/C22H29F3N4O4/c1-15-18(30)27-9-13-33-12-3-2-5-21(20(32)28-15)6-10-29(11-7-21)19(31)16-14-26-8-4-17(16)22(23,24)25/h4,8,14-15H,2-3,5-7,9-13H2,1H3,(H,27,30)(H,28,32)/t15-/m0/s1. The van der Waals surface area contributed by atoms with Gasteiger partial charge in [0.1, 0.15) is 6.04 Å². The van der Waals surface area contributed by atoms with Crippen LogP contribution >= 0.6 is 0 Å². The normalized spacial score (nSPS) is 23.0. The highest BCUT2D eigenvalue weighted by Crippen LogP contribution is 2.38. The van der Waals surface area contributed by atoms with Crippen LogP contribution in [0, 0.1) is 5.41 Å². The van der Waals surface area contributed by atoms with Gasteiger partial charge in [-0.1, -0.05) is 6.42 Å². The van der Waals surface area contributed by atoms with Crippen LogP contribution in [0.5, 0.6) is 0 Å². The average molecular weight is 470 g/mol. The van der Waals surface area contributed by atoms with Crippen molar-refractivity contribution in [2.75, 3.05) is 32.8 Å². The largest absolute Gasteiger partial charge is 0.417 e. The van der Waals surface area contributed by atoms with E-state index < -0.39 is 34.7 Å². The average Bonchev–Trinajstić information content (AvgIpc) is 2.80. The molecule has 2 aliphatic rings. The number of nitrogens with zero attached hydrogens (tertiary/aromatic N) is 2. The van der Waals surface area contributed by atoms with Crippen LogP contribution < -0.4 is 10.6 Å². The number of halogens is 3. The van der Waals surface area contributed by atoms with Gasteiger partial charge >= 0.3 is 6.18 Å². The summed E-state index contributed by atoms with van der Waals surface area (Å²) >= 11 is 0. The summed E-state index contributed by atoms with van der Waals surface area (Å²) in [6.07, 6.45) is -0.146. The Morgan fingerprint density at radius 1 is 1.18 bits per heavy atom. The van der Waals surface area contributed by atoms with Gasteiger partial charge in [-0.25, -0.2) is 0 Å². The Hall–Kier alpha value is -2.69. The van der Waals surface area contributed by atoms with Crippen LogP contribution in [0.25, 0.3) is 0 Å². The highest BCUT2D eigenvalue weighted by molar-refractivity contribution is 5.96. The van der Waals surface area contributed by atoms with Crippen molar-refractivity contribution in [1.29, 1.82) is 0 Å². The maximum Gasteiger partial charge on any atom is 0.417 e. The van der Waals surface area contributed by atoms with Crippen LogP contribution in [0.4, 0.5) is 13.2 Å². The Bertz CT molecular complexity index is 869. The Balaban J connectivity index is 1.74. The van der Waals surface area contributed by atoms with E-state index in [-0.39, 0.29) is 24.9 Å². The van der Waals surface area contributed by atoms with Crippen molar-refractivity contribution in [3.8, 4) is 0 Å². The summed E-state index contributed by atoms with van der Waals surface area (Å²) in [5, 5.41) is 5.49.